The Morgan fingerprint density at radius 2 is 2.06 bits per heavy atom. The first-order valence-corrected chi connectivity index (χ1v) is 6.49. The quantitative estimate of drug-likeness (QED) is 0.610. The van der Waals surface area contributed by atoms with E-state index in [1.165, 1.54) is 0 Å². The number of thiol groups is 1. The van der Waals surface area contributed by atoms with Gasteiger partial charge in [0.15, 0.2) is 0 Å². The molecule has 1 aliphatic rings. The molecule has 1 atom stereocenters. The van der Waals surface area contributed by atoms with E-state index in [0.717, 1.165) is 5.57 Å². The predicted molar refractivity (Wildman–Crippen MR) is 80.8 cm³/mol. The summed E-state index contributed by atoms with van der Waals surface area (Å²) in [7, 11) is 0. The molecule has 0 bridgehead atoms. The third kappa shape index (κ3) is 2.78. The van der Waals surface area contributed by atoms with Gasteiger partial charge < -0.3 is 4.90 Å². The van der Waals surface area contributed by atoms with E-state index in [1.807, 2.05) is 25.7 Å². The molecular weight excluding hydrogens is 242 g/mol. The molecule has 0 saturated heterocycles. The topological polar surface area (TPSA) is 20.3 Å². The van der Waals surface area contributed by atoms with Gasteiger partial charge in [0, 0.05) is 18.2 Å². The standard InChI is InChI=1S/C15H21NOS/c1-6-8-9-12-13(7-2)15(5,18)10-16(11(3)4)14(12)17/h6-9,11,18H,1-2,10H2,3-5H3/b9-8-. The average Bonchev–Trinajstić information content (AvgIpc) is 2.29. The number of amides is 1. The molecule has 2 nitrogen and oxygen atoms in total. The fraction of sp³-hybridized carbons (Fsp3) is 0.400. The van der Waals surface area contributed by atoms with Crippen LogP contribution in [0.4, 0.5) is 0 Å². The van der Waals surface area contributed by atoms with Gasteiger partial charge >= 0.3 is 0 Å². The number of allylic oxidation sites excluding steroid dienone is 3. The largest absolute Gasteiger partial charge is 0.334 e. The van der Waals surface area contributed by atoms with Crippen molar-refractivity contribution in [3.8, 4) is 0 Å². The number of hydrogen-bond acceptors (Lipinski definition) is 2. The maximum atomic E-state index is 12.4. The molecule has 1 unspecified atom stereocenters. The molecule has 0 fully saturated rings. The molecule has 0 radical (unpaired) electrons. The second-order valence-corrected chi connectivity index (χ2v) is 5.91. The van der Waals surface area contributed by atoms with Crippen molar-refractivity contribution < 1.29 is 4.79 Å². The highest BCUT2D eigenvalue weighted by Gasteiger charge is 2.38. The molecule has 0 spiro atoms. The van der Waals surface area contributed by atoms with Gasteiger partial charge in [-0.25, -0.2) is 0 Å². The minimum Gasteiger partial charge on any atom is -0.334 e. The highest BCUT2D eigenvalue weighted by Crippen LogP contribution is 2.35. The van der Waals surface area contributed by atoms with Crippen molar-refractivity contribution in [2.75, 3.05) is 6.54 Å². The van der Waals surface area contributed by atoms with Crippen LogP contribution in [0, 0.1) is 0 Å². The lowest BCUT2D eigenvalue weighted by molar-refractivity contribution is -0.129. The Morgan fingerprint density at radius 3 is 2.50 bits per heavy atom. The van der Waals surface area contributed by atoms with Crippen molar-refractivity contribution in [2.45, 2.75) is 31.6 Å². The second-order valence-electron chi connectivity index (χ2n) is 4.93. The smallest absolute Gasteiger partial charge is 0.254 e. The summed E-state index contributed by atoms with van der Waals surface area (Å²) in [6, 6.07) is 0.155. The fourth-order valence-corrected chi connectivity index (χ4v) is 2.49. The molecule has 0 aliphatic carbocycles. The van der Waals surface area contributed by atoms with E-state index < -0.39 is 0 Å². The second kappa shape index (κ2) is 5.61. The first kappa shape index (κ1) is 14.8. The van der Waals surface area contributed by atoms with Crippen LogP contribution in [0.1, 0.15) is 20.8 Å². The van der Waals surface area contributed by atoms with Crippen molar-refractivity contribution in [2.24, 2.45) is 0 Å². The van der Waals surface area contributed by atoms with E-state index in [-0.39, 0.29) is 16.7 Å². The van der Waals surface area contributed by atoms with Gasteiger partial charge in [-0.15, -0.1) is 0 Å². The van der Waals surface area contributed by atoms with E-state index in [0.29, 0.717) is 12.1 Å². The van der Waals surface area contributed by atoms with Crippen LogP contribution in [0.5, 0.6) is 0 Å². The Balaban J connectivity index is 3.37. The summed E-state index contributed by atoms with van der Waals surface area (Å²) in [5, 5.41) is 0. The fourth-order valence-electron chi connectivity index (χ4n) is 2.12. The number of hydrogen-bond donors (Lipinski definition) is 1. The van der Waals surface area contributed by atoms with Crippen LogP contribution >= 0.6 is 12.6 Å². The molecule has 98 valence electrons. The first-order valence-electron chi connectivity index (χ1n) is 6.04. The number of nitrogens with zero attached hydrogens (tertiary/aromatic N) is 1. The summed E-state index contributed by atoms with van der Waals surface area (Å²) in [4.78, 5) is 14.3. The zero-order valence-electron chi connectivity index (χ0n) is 11.3. The Bertz CT molecular complexity index is 430. The van der Waals surface area contributed by atoms with E-state index >= 15 is 0 Å². The Hall–Kier alpha value is -1.22. The molecule has 0 aromatic carbocycles. The van der Waals surface area contributed by atoms with E-state index in [1.54, 1.807) is 24.3 Å². The Morgan fingerprint density at radius 1 is 1.44 bits per heavy atom. The summed E-state index contributed by atoms with van der Waals surface area (Å²) in [5.41, 5.74) is 1.54. The lowest BCUT2D eigenvalue weighted by Gasteiger charge is -2.41. The maximum Gasteiger partial charge on any atom is 0.254 e. The van der Waals surface area contributed by atoms with Crippen molar-refractivity contribution in [1.29, 1.82) is 0 Å². The van der Waals surface area contributed by atoms with E-state index in [4.69, 9.17) is 0 Å². The van der Waals surface area contributed by atoms with Crippen LogP contribution in [0.3, 0.4) is 0 Å². The third-order valence-corrected chi connectivity index (χ3v) is 3.45. The van der Waals surface area contributed by atoms with Crippen molar-refractivity contribution in [1.82, 2.24) is 4.90 Å². The van der Waals surface area contributed by atoms with Gasteiger partial charge in [-0.3, -0.25) is 4.79 Å². The number of carbonyl (C=O) groups is 1. The lowest BCUT2D eigenvalue weighted by atomic mass is 9.88. The predicted octanol–water partition coefficient (Wildman–Crippen LogP) is 3.15. The summed E-state index contributed by atoms with van der Waals surface area (Å²) in [6.45, 7) is 14.1. The van der Waals surface area contributed by atoms with Gasteiger partial charge in [-0.2, -0.15) is 12.6 Å². The molecule has 0 aromatic heterocycles. The number of carbonyl (C=O) groups excluding carboxylic acids is 1. The van der Waals surface area contributed by atoms with Crippen LogP contribution in [-0.2, 0) is 4.79 Å². The van der Waals surface area contributed by atoms with Gasteiger partial charge in [0.25, 0.3) is 5.91 Å². The Kier molecular flexibility index (Phi) is 4.63. The SMILES string of the molecule is C=C/C=C\C1=C(C=C)C(C)(S)CN(C(C)C)C1=O. The van der Waals surface area contributed by atoms with Crippen LogP contribution in [0.2, 0.25) is 0 Å². The molecule has 0 saturated carbocycles. The van der Waals surface area contributed by atoms with Crippen molar-refractivity contribution in [3.05, 3.63) is 48.6 Å². The van der Waals surface area contributed by atoms with Crippen LogP contribution < -0.4 is 0 Å². The molecule has 3 heteroatoms. The molecule has 18 heavy (non-hydrogen) atoms. The Labute approximate surface area is 115 Å². The minimum absolute atomic E-state index is 0.0320. The molecule has 1 heterocycles. The summed E-state index contributed by atoms with van der Waals surface area (Å²) in [6.07, 6.45) is 6.94. The highest BCUT2D eigenvalue weighted by atomic mass is 32.1. The van der Waals surface area contributed by atoms with Crippen LogP contribution in [0.15, 0.2) is 48.6 Å². The van der Waals surface area contributed by atoms with Gasteiger partial charge in [0.1, 0.15) is 0 Å². The molecule has 1 amide bonds. The van der Waals surface area contributed by atoms with Gasteiger partial charge in [-0.05, 0) is 32.4 Å². The van der Waals surface area contributed by atoms with Crippen LogP contribution in [-0.4, -0.2) is 28.1 Å². The number of rotatable bonds is 4. The molecule has 0 N–H and O–H groups in total. The summed E-state index contributed by atoms with van der Waals surface area (Å²) >= 11 is 4.69. The van der Waals surface area contributed by atoms with E-state index in [2.05, 4.69) is 25.8 Å². The van der Waals surface area contributed by atoms with Crippen LogP contribution in [0.25, 0.3) is 0 Å². The lowest BCUT2D eigenvalue weighted by Crippen LogP contribution is -2.50. The van der Waals surface area contributed by atoms with Gasteiger partial charge in [0.05, 0.1) is 4.75 Å². The molecule has 0 aromatic rings. The zero-order chi connectivity index (χ0) is 13.9. The average molecular weight is 263 g/mol. The van der Waals surface area contributed by atoms with E-state index in [9.17, 15) is 4.79 Å². The molecular formula is C15H21NOS. The van der Waals surface area contributed by atoms with Gasteiger partial charge in [0.2, 0.25) is 0 Å². The molecule has 1 aliphatic heterocycles. The van der Waals surface area contributed by atoms with Gasteiger partial charge in [-0.1, -0.05) is 31.4 Å². The van der Waals surface area contributed by atoms with Crippen molar-refractivity contribution >= 4 is 18.5 Å². The first-order chi connectivity index (χ1) is 8.35. The molecule has 1 rings (SSSR count). The zero-order valence-corrected chi connectivity index (χ0v) is 12.2. The minimum atomic E-state index is -0.374. The highest BCUT2D eigenvalue weighted by molar-refractivity contribution is 7.82. The summed E-state index contributed by atoms with van der Waals surface area (Å²) < 4.78 is -0.374. The monoisotopic (exact) mass is 263 g/mol. The normalized spacial score (nSPS) is 25.2. The van der Waals surface area contributed by atoms with Crippen molar-refractivity contribution in [3.63, 3.8) is 0 Å². The third-order valence-electron chi connectivity index (χ3n) is 3.07. The summed E-state index contributed by atoms with van der Waals surface area (Å²) in [5.74, 6) is 0.0320. The maximum absolute atomic E-state index is 12.4.